The van der Waals surface area contributed by atoms with E-state index in [1.165, 1.54) is 13.0 Å². The molecule has 1 N–H and O–H groups in total. The fraction of sp³-hybridized carbons (Fsp3) is 0.571. The third-order valence-corrected chi connectivity index (χ3v) is 5.73. The molecule has 0 heterocycles. The first-order valence-corrected chi connectivity index (χ1v) is 9.10. The Hall–Kier alpha value is -1.22. The van der Waals surface area contributed by atoms with E-state index in [4.69, 9.17) is 11.6 Å². The molecule has 0 aliphatic heterocycles. The largest absolute Gasteiger partial charge is 0.302 e. The average molecular weight is 364 g/mol. The molecule has 1 aromatic rings. The van der Waals surface area contributed by atoms with Crippen molar-refractivity contribution in [3.05, 3.63) is 32.8 Å². The molecule has 0 spiro atoms. The van der Waals surface area contributed by atoms with Crippen molar-refractivity contribution < 1.29 is 13.3 Å². The number of nitro benzene ring substituents is 1. The highest BCUT2D eigenvalue weighted by Gasteiger charge is 2.22. The molecule has 1 unspecified atom stereocenters. The first-order chi connectivity index (χ1) is 10.6. The lowest BCUT2D eigenvalue weighted by molar-refractivity contribution is -0.385. The van der Waals surface area contributed by atoms with Crippen LogP contribution in [0, 0.1) is 17.0 Å². The molecule has 1 rings (SSSR count). The van der Waals surface area contributed by atoms with Crippen LogP contribution >= 0.6 is 11.6 Å². The highest BCUT2D eigenvalue weighted by Crippen LogP contribution is 2.29. The Bertz CT molecular complexity index is 679. The van der Waals surface area contributed by atoms with Gasteiger partial charge in [-0.25, -0.2) is 13.1 Å². The van der Waals surface area contributed by atoms with E-state index >= 15 is 0 Å². The highest BCUT2D eigenvalue weighted by molar-refractivity contribution is 7.89. The van der Waals surface area contributed by atoms with Crippen molar-refractivity contribution in [3.63, 3.8) is 0 Å². The number of rotatable bonds is 8. The average Bonchev–Trinajstić information content (AvgIpc) is 2.48. The molecule has 1 aromatic carbocycles. The first kappa shape index (κ1) is 19.8. The van der Waals surface area contributed by atoms with Gasteiger partial charge in [-0.15, -0.1) is 0 Å². The number of hydrogen-bond donors (Lipinski definition) is 1. The van der Waals surface area contributed by atoms with Gasteiger partial charge in [0, 0.05) is 30.8 Å². The maximum absolute atomic E-state index is 12.3. The molecule has 23 heavy (non-hydrogen) atoms. The lowest BCUT2D eigenvalue weighted by Crippen LogP contribution is -2.37. The predicted octanol–water partition coefficient (Wildman–Crippen LogP) is 2.57. The van der Waals surface area contributed by atoms with Crippen molar-refractivity contribution in [1.82, 2.24) is 9.62 Å². The molecule has 1 atom stereocenters. The monoisotopic (exact) mass is 363 g/mol. The van der Waals surface area contributed by atoms with Gasteiger partial charge < -0.3 is 4.90 Å². The summed E-state index contributed by atoms with van der Waals surface area (Å²) in [6.45, 7) is 6.33. The van der Waals surface area contributed by atoms with E-state index in [0.717, 1.165) is 12.5 Å². The third-order valence-electron chi connectivity index (χ3n) is 3.90. The Balaban J connectivity index is 2.91. The molecule has 0 fully saturated rings. The molecule has 0 saturated heterocycles. The molecule has 0 aliphatic carbocycles. The molecule has 7 nitrogen and oxygen atoms in total. The summed E-state index contributed by atoms with van der Waals surface area (Å²) in [7, 11) is -1.94. The zero-order valence-electron chi connectivity index (χ0n) is 13.7. The number of sulfonamides is 1. The Morgan fingerprint density at radius 3 is 2.57 bits per heavy atom. The summed E-state index contributed by atoms with van der Waals surface area (Å²) in [6, 6.07) is 2.60. The summed E-state index contributed by atoms with van der Waals surface area (Å²) in [5.74, 6) is 0. The minimum atomic E-state index is -3.85. The van der Waals surface area contributed by atoms with Gasteiger partial charge in [-0.3, -0.25) is 10.1 Å². The number of halogens is 1. The molecule has 0 bridgehead atoms. The van der Waals surface area contributed by atoms with Gasteiger partial charge in [-0.1, -0.05) is 18.5 Å². The van der Waals surface area contributed by atoms with E-state index in [1.807, 2.05) is 11.9 Å². The zero-order chi connectivity index (χ0) is 17.8. The Morgan fingerprint density at radius 1 is 1.43 bits per heavy atom. The van der Waals surface area contributed by atoms with E-state index in [-0.39, 0.29) is 27.7 Å². The second-order valence-electron chi connectivity index (χ2n) is 5.44. The van der Waals surface area contributed by atoms with Crippen molar-refractivity contribution >= 4 is 27.3 Å². The summed E-state index contributed by atoms with van der Waals surface area (Å²) < 4.78 is 27.0. The summed E-state index contributed by atoms with van der Waals surface area (Å²) in [5, 5.41) is 11.0. The second-order valence-corrected chi connectivity index (χ2v) is 7.62. The number of likely N-dealkylation sites (N-methyl/N-ethyl adjacent to an activating group) is 1. The van der Waals surface area contributed by atoms with E-state index in [0.29, 0.717) is 12.6 Å². The maximum Gasteiger partial charge on any atom is 0.275 e. The Labute approximate surface area is 141 Å². The highest BCUT2D eigenvalue weighted by atomic mass is 35.5. The van der Waals surface area contributed by atoms with E-state index < -0.39 is 14.9 Å². The van der Waals surface area contributed by atoms with Gasteiger partial charge in [-0.2, -0.15) is 0 Å². The number of benzene rings is 1. The summed E-state index contributed by atoms with van der Waals surface area (Å²) in [5.41, 5.74) is -0.0679. The van der Waals surface area contributed by atoms with E-state index in [2.05, 4.69) is 18.6 Å². The molecule has 0 amide bonds. The van der Waals surface area contributed by atoms with Gasteiger partial charge in [0.1, 0.15) is 0 Å². The van der Waals surface area contributed by atoms with Gasteiger partial charge >= 0.3 is 0 Å². The van der Waals surface area contributed by atoms with Crippen molar-refractivity contribution in [2.45, 2.75) is 38.1 Å². The van der Waals surface area contributed by atoms with Gasteiger partial charge in [-0.05, 0) is 33.4 Å². The lowest BCUT2D eigenvalue weighted by Gasteiger charge is -2.23. The quantitative estimate of drug-likeness (QED) is 0.566. The third kappa shape index (κ3) is 5.13. The normalized spacial score (nSPS) is 13.3. The van der Waals surface area contributed by atoms with Crippen molar-refractivity contribution in [2.24, 2.45) is 0 Å². The number of nitro groups is 1. The van der Waals surface area contributed by atoms with Crippen LogP contribution in [0.4, 0.5) is 5.69 Å². The molecule has 0 saturated carbocycles. The topological polar surface area (TPSA) is 92.6 Å². The Kier molecular flexibility index (Phi) is 6.94. The number of nitrogens with zero attached hydrogens (tertiary/aromatic N) is 2. The molecule has 0 radical (unpaired) electrons. The van der Waals surface area contributed by atoms with Crippen molar-refractivity contribution in [2.75, 3.05) is 20.1 Å². The molecule has 0 aromatic heterocycles. The lowest BCUT2D eigenvalue weighted by atomic mass is 10.2. The number of nitrogens with one attached hydrogen (secondary N) is 1. The van der Waals surface area contributed by atoms with Crippen LogP contribution in [-0.4, -0.2) is 44.4 Å². The smallest absolute Gasteiger partial charge is 0.275 e. The van der Waals surface area contributed by atoms with Gasteiger partial charge in [0.05, 0.1) is 14.8 Å². The molecule has 0 aliphatic rings. The molecular weight excluding hydrogens is 342 g/mol. The Morgan fingerprint density at radius 2 is 2.04 bits per heavy atom. The van der Waals surface area contributed by atoms with Crippen molar-refractivity contribution in [1.29, 1.82) is 0 Å². The molecular formula is C14H22ClN3O4S. The second kappa shape index (κ2) is 8.05. The van der Waals surface area contributed by atoms with Gasteiger partial charge in [0.15, 0.2) is 0 Å². The van der Waals surface area contributed by atoms with Crippen LogP contribution in [0.5, 0.6) is 0 Å². The zero-order valence-corrected chi connectivity index (χ0v) is 15.2. The molecule has 130 valence electrons. The fourth-order valence-electron chi connectivity index (χ4n) is 1.96. The minimum Gasteiger partial charge on any atom is -0.302 e. The summed E-state index contributed by atoms with van der Waals surface area (Å²) >= 11 is 5.91. The van der Waals surface area contributed by atoms with Gasteiger partial charge in [0.25, 0.3) is 5.69 Å². The minimum absolute atomic E-state index is 0.0521. The fourth-order valence-corrected chi connectivity index (χ4v) is 3.30. The van der Waals surface area contributed by atoms with Gasteiger partial charge in [0.2, 0.25) is 10.0 Å². The van der Waals surface area contributed by atoms with E-state index in [1.54, 1.807) is 0 Å². The van der Waals surface area contributed by atoms with Crippen LogP contribution < -0.4 is 4.72 Å². The number of hydrogen-bond acceptors (Lipinski definition) is 5. The SMILES string of the molecule is CCC(C)N(C)CCNS(=O)(=O)c1cc(Cl)c(C)c([N+](=O)[O-])c1. The molecule has 9 heteroatoms. The standard InChI is InChI=1S/C14H22ClN3O4S/c1-5-10(2)17(4)7-6-16-23(21,22)12-8-13(15)11(3)14(9-12)18(19)20/h8-10,16H,5-7H2,1-4H3. The van der Waals surface area contributed by atoms with Crippen LogP contribution in [0.1, 0.15) is 25.8 Å². The summed E-state index contributed by atoms with van der Waals surface area (Å²) in [6.07, 6.45) is 0.961. The van der Waals surface area contributed by atoms with Crippen LogP contribution in [0.2, 0.25) is 5.02 Å². The maximum atomic E-state index is 12.3. The summed E-state index contributed by atoms with van der Waals surface area (Å²) in [4.78, 5) is 12.2. The van der Waals surface area contributed by atoms with Crippen LogP contribution in [0.3, 0.4) is 0 Å². The van der Waals surface area contributed by atoms with Crippen LogP contribution in [0.15, 0.2) is 17.0 Å². The predicted molar refractivity (Wildman–Crippen MR) is 90.4 cm³/mol. The van der Waals surface area contributed by atoms with Crippen LogP contribution in [-0.2, 0) is 10.0 Å². The first-order valence-electron chi connectivity index (χ1n) is 7.24. The van der Waals surface area contributed by atoms with Crippen molar-refractivity contribution in [3.8, 4) is 0 Å². The van der Waals surface area contributed by atoms with Crippen LogP contribution in [0.25, 0.3) is 0 Å². The van der Waals surface area contributed by atoms with E-state index in [9.17, 15) is 18.5 Å².